The first kappa shape index (κ1) is 9.73. The van der Waals surface area contributed by atoms with E-state index in [0.717, 1.165) is 5.56 Å². The van der Waals surface area contributed by atoms with E-state index in [1.807, 2.05) is 29.5 Å². The first-order valence-corrected chi connectivity index (χ1v) is 4.58. The quantitative estimate of drug-likeness (QED) is 0.454. The van der Waals surface area contributed by atoms with Crippen LogP contribution in [-0.2, 0) is 0 Å². The largest absolute Gasteiger partial charge is 0.284 e. The van der Waals surface area contributed by atoms with Gasteiger partial charge in [-0.25, -0.2) is 0 Å². The summed E-state index contributed by atoms with van der Waals surface area (Å²) >= 11 is 7.69. The standard InChI is InChI=1S/C7H5ClINO2/c1-4-2-3-5(10(11)12)7(9)6(4)8/h2-3H,1H3. The highest BCUT2D eigenvalue weighted by Crippen LogP contribution is 2.30. The molecule has 0 saturated heterocycles. The van der Waals surface area contributed by atoms with Crippen LogP contribution >= 0.6 is 34.2 Å². The van der Waals surface area contributed by atoms with Crippen molar-refractivity contribution in [1.82, 2.24) is 0 Å². The number of nitrogens with zero attached hydrogens (tertiary/aromatic N) is 1. The molecule has 5 heteroatoms. The third kappa shape index (κ3) is 1.69. The van der Waals surface area contributed by atoms with Gasteiger partial charge in [0.25, 0.3) is 5.69 Å². The van der Waals surface area contributed by atoms with Crippen molar-refractivity contribution in [3.05, 3.63) is 36.4 Å². The maximum atomic E-state index is 10.4. The lowest BCUT2D eigenvalue weighted by molar-refractivity contribution is -0.385. The first-order valence-electron chi connectivity index (χ1n) is 3.13. The Morgan fingerprint density at radius 3 is 2.67 bits per heavy atom. The van der Waals surface area contributed by atoms with Crippen LogP contribution < -0.4 is 0 Å². The Hall–Kier alpha value is -0.360. The molecule has 1 aromatic rings. The second kappa shape index (κ2) is 3.57. The number of hydrogen-bond donors (Lipinski definition) is 0. The van der Waals surface area contributed by atoms with Gasteiger partial charge in [-0.15, -0.1) is 0 Å². The van der Waals surface area contributed by atoms with Crippen LogP contribution in [0, 0.1) is 20.6 Å². The van der Waals surface area contributed by atoms with Crippen molar-refractivity contribution in [2.24, 2.45) is 0 Å². The number of nitro benzene ring substituents is 1. The predicted octanol–water partition coefficient (Wildman–Crippen LogP) is 3.16. The second-order valence-corrected chi connectivity index (χ2v) is 3.74. The van der Waals surface area contributed by atoms with E-state index in [1.165, 1.54) is 6.07 Å². The molecule has 1 rings (SSSR count). The van der Waals surface area contributed by atoms with Gasteiger partial charge < -0.3 is 0 Å². The molecule has 0 bridgehead atoms. The molecule has 0 aliphatic rings. The lowest BCUT2D eigenvalue weighted by Gasteiger charge is -2.00. The van der Waals surface area contributed by atoms with Gasteiger partial charge in [-0.3, -0.25) is 10.1 Å². The molecule has 0 aliphatic heterocycles. The van der Waals surface area contributed by atoms with Crippen LogP contribution in [0.15, 0.2) is 12.1 Å². The highest BCUT2D eigenvalue weighted by Gasteiger charge is 2.15. The van der Waals surface area contributed by atoms with Gasteiger partial charge >= 0.3 is 0 Å². The van der Waals surface area contributed by atoms with Crippen LogP contribution in [0.4, 0.5) is 5.69 Å². The fraction of sp³-hybridized carbons (Fsp3) is 0.143. The van der Waals surface area contributed by atoms with Gasteiger partial charge in [0, 0.05) is 6.07 Å². The first-order chi connectivity index (χ1) is 5.54. The Morgan fingerprint density at radius 2 is 2.17 bits per heavy atom. The molecular formula is C7H5ClINO2. The summed E-state index contributed by atoms with van der Waals surface area (Å²) in [4.78, 5) is 9.99. The van der Waals surface area contributed by atoms with Gasteiger partial charge in [-0.2, -0.15) is 0 Å². The molecule has 12 heavy (non-hydrogen) atoms. The Morgan fingerprint density at radius 1 is 1.58 bits per heavy atom. The summed E-state index contributed by atoms with van der Waals surface area (Å²) < 4.78 is 0.499. The van der Waals surface area contributed by atoms with Gasteiger partial charge in [0.1, 0.15) is 3.57 Å². The zero-order valence-electron chi connectivity index (χ0n) is 6.17. The Balaban J connectivity index is 3.36. The van der Waals surface area contributed by atoms with Gasteiger partial charge in [0.15, 0.2) is 0 Å². The van der Waals surface area contributed by atoms with Gasteiger partial charge in [-0.1, -0.05) is 17.7 Å². The zero-order chi connectivity index (χ0) is 9.30. The molecule has 64 valence electrons. The molecule has 0 radical (unpaired) electrons. The molecule has 0 fully saturated rings. The summed E-state index contributed by atoms with van der Waals surface area (Å²) in [5.74, 6) is 0. The average molecular weight is 297 g/mol. The Labute approximate surface area is 88.0 Å². The van der Waals surface area contributed by atoms with E-state index >= 15 is 0 Å². The van der Waals surface area contributed by atoms with Crippen molar-refractivity contribution in [2.45, 2.75) is 6.92 Å². The SMILES string of the molecule is Cc1ccc([N+](=O)[O-])c(I)c1Cl. The van der Waals surface area contributed by atoms with Crippen molar-refractivity contribution in [1.29, 1.82) is 0 Å². The molecule has 0 unspecified atom stereocenters. The minimum atomic E-state index is -0.437. The molecule has 0 amide bonds. The molecule has 0 atom stereocenters. The van der Waals surface area contributed by atoms with Crippen molar-refractivity contribution in [3.63, 3.8) is 0 Å². The molecule has 0 N–H and O–H groups in total. The minimum Gasteiger partial charge on any atom is -0.258 e. The molecule has 0 aliphatic carbocycles. The van der Waals surface area contributed by atoms with E-state index in [2.05, 4.69) is 0 Å². The van der Waals surface area contributed by atoms with E-state index in [0.29, 0.717) is 8.59 Å². The molecular weight excluding hydrogens is 292 g/mol. The Kier molecular flexibility index (Phi) is 2.89. The predicted molar refractivity (Wildman–Crippen MR) is 55.6 cm³/mol. The summed E-state index contributed by atoms with van der Waals surface area (Å²) in [6.45, 7) is 1.81. The number of rotatable bonds is 1. The van der Waals surface area contributed by atoms with Crippen molar-refractivity contribution in [3.8, 4) is 0 Å². The van der Waals surface area contributed by atoms with Crippen LogP contribution in [0.2, 0.25) is 5.02 Å². The average Bonchev–Trinajstić information content (AvgIpc) is 2.00. The van der Waals surface area contributed by atoms with Gasteiger partial charge in [-0.05, 0) is 35.1 Å². The number of nitro groups is 1. The van der Waals surface area contributed by atoms with E-state index < -0.39 is 4.92 Å². The van der Waals surface area contributed by atoms with Crippen LogP contribution in [0.1, 0.15) is 5.56 Å². The molecule has 1 aromatic carbocycles. The molecule has 0 spiro atoms. The fourth-order valence-corrected chi connectivity index (χ4v) is 1.74. The summed E-state index contributed by atoms with van der Waals surface area (Å²) in [5.41, 5.74) is 0.915. The summed E-state index contributed by atoms with van der Waals surface area (Å²) in [6, 6.07) is 3.10. The number of halogens is 2. The number of aryl methyl sites for hydroxylation is 1. The lowest BCUT2D eigenvalue weighted by atomic mass is 10.2. The molecule has 0 saturated carbocycles. The fourth-order valence-electron chi connectivity index (χ4n) is 0.777. The smallest absolute Gasteiger partial charge is 0.258 e. The topological polar surface area (TPSA) is 43.1 Å². The van der Waals surface area contributed by atoms with E-state index in [9.17, 15) is 10.1 Å². The monoisotopic (exact) mass is 297 g/mol. The van der Waals surface area contributed by atoms with E-state index in [1.54, 1.807) is 6.07 Å². The Bertz CT molecular complexity index is 340. The summed E-state index contributed by atoms with van der Waals surface area (Å²) in [6.07, 6.45) is 0. The molecule has 0 heterocycles. The van der Waals surface area contributed by atoms with E-state index in [4.69, 9.17) is 11.6 Å². The lowest BCUT2D eigenvalue weighted by Crippen LogP contribution is -1.92. The maximum absolute atomic E-state index is 10.4. The third-order valence-corrected chi connectivity index (χ3v) is 3.35. The third-order valence-electron chi connectivity index (χ3n) is 1.45. The van der Waals surface area contributed by atoms with Gasteiger partial charge in [0.2, 0.25) is 0 Å². The maximum Gasteiger partial charge on any atom is 0.284 e. The highest BCUT2D eigenvalue weighted by atomic mass is 127. The van der Waals surface area contributed by atoms with Crippen LogP contribution in [0.3, 0.4) is 0 Å². The van der Waals surface area contributed by atoms with Crippen molar-refractivity contribution >= 4 is 39.9 Å². The van der Waals surface area contributed by atoms with Gasteiger partial charge in [0.05, 0.1) is 9.95 Å². The summed E-state index contributed by atoms with van der Waals surface area (Å²) in [7, 11) is 0. The molecule has 3 nitrogen and oxygen atoms in total. The second-order valence-electron chi connectivity index (χ2n) is 2.29. The molecule has 0 aromatic heterocycles. The summed E-state index contributed by atoms with van der Waals surface area (Å²) in [5, 5.41) is 10.9. The van der Waals surface area contributed by atoms with Crippen LogP contribution in [0.5, 0.6) is 0 Å². The number of benzene rings is 1. The zero-order valence-corrected chi connectivity index (χ0v) is 9.09. The van der Waals surface area contributed by atoms with Crippen molar-refractivity contribution in [2.75, 3.05) is 0 Å². The number of hydrogen-bond acceptors (Lipinski definition) is 2. The normalized spacial score (nSPS) is 9.92. The minimum absolute atomic E-state index is 0.0613. The van der Waals surface area contributed by atoms with Crippen LogP contribution in [0.25, 0.3) is 0 Å². The van der Waals surface area contributed by atoms with Crippen molar-refractivity contribution < 1.29 is 4.92 Å². The van der Waals surface area contributed by atoms with Crippen LogP contribution in [-0.4, -0.2) is 4.92 Å². The highest BCUT2D eigenvalue weighted by molar-refractivity contribution is 14.1. The van der Waals surface area contributed by atoms with E-state index in [-0.39, 0.29) is 5.69 Å².